The Balaban J connectivity index is 2.85. The lowest BCUT2D eigenvalue weighted by Crippen LogP contribution is -2.33. The summed E-state index contributed by atoms with van der Waals surface area (Å²) >= 11 is 0. The van der Waals surface area contributed by atoms with E-state index >= 15 is 0 Å². The molecule has 1 aromatic rings. The fraction of sp³-hybridized carbons (Fsp3) is 0.769. The predicted octanol–water partition coefficient (Wildman–Crippen LogP) is 2.36. The number of nitrogens with zero attached hydrogens (tertiary/aromatic N) is 3. The quantitative estimate of drug-likeness (QED) is 0.875. The van der Waals surface area contributed by atoms with Crippen LogP contribution in [-0.4, -0.2) is 39.1 Å². The molecule has 102 valence electrons. The van der Waals surface area contributed by atoms with Crippen LogP contribution in [0.15, 0.2) is 0 Å². The second-order valence-electron chi connectivity index (χ2n) is 5.55. The molecule has 1 amide bonds. The molecule has 0 aliphatic rings. The molecule has 0 aromatic carbocycles. The van der Waals surface area contributed by atoms with Gasteiger partial charge in [-0.05, 0) is 12.8 Å². The highest BCUT2D eigenvalue weighted by atomic mass is 16.2. The zero-order valence-electron chi connectivity index (χ0n) is 12.1. The van der Waals surface area contributed by atoms with Gasteiger partial charge >= 0.3 is 0 Å². The maximum absolute atomic E-state index is 12.2. The van der Waals surface area contributed by atoms with Crippen LogP contribution in [0.1, 0.15) is 63.9 Å². The van der Waals surface area contributed by atoms with Gasteiger partial charge in [-0.3, -0.25) is 9.89 Å². The van der Waals surface area contributed by atoms with Gasteiger partial charge in [-0.25, -0.2) is 4.98 Å². The predicted molar refractivity (Wildman–Crippen MR) is 71.6 cm³/mol. The lowest BCUT2D eigenvalue weighted by molar-refractivity contribution is 0.0743. The number of nitrogens with one attached hydrogen (secondary N) is 1. The number of amides is 1. The van der Waals surface area contributed by atoms with Crippen LogP contribution in [-0.2, 0) is 5.41 Å². The molecule has 0 aliphatic carbocycles. The van der Waals surface area contributed by atoms with Crippen LogP contribution >= 0.6 is 0 Å². The zero-order valence-corrected chi connectivity index (χ0v) is 12.1. The minimum Gasteiger partial charge on any atom is -0.336 e. The summed E-state index contributed by atoms with van der Waals surface area (Å²) in [6.07, 6.45) is 1.89. The van der Waals surface area contributed by atoms with Crippen LogP contribution < -0.4 is 0 Å². The van der Waals surface area contributed by atoms with Crippen LogP contribution in [0.4, 0.5) is 0 Å². The molecule has 1 rings (SSSR count). The smallest absolute Gasteiger partial charge is 0.293 e. The molecule has 0 radical (unpaired) electrons. The summed E-state index contributed by atoms with van der Waals surface area (Å²) in [5.41, 5.74) is -0.119. The molecule has 5 nitrogen and oxygen atoms in total. The van der Waals surface area contributed by atoms with Crippen molar-refractivity contribution in [3.8, 4) is 0 Å². The van der Waals surface area contributed by atoms with Gasteiger partial charge in [0.2, 0.25) is 5.82 Å². The van der Waals surface area contributed by atoms with E-state index in [9.17, 15) is 4.79 Å². The van der Waals surface area contributed by atoms with Gasteiger partial charge in [0.25, 0.3) is 5.91 Å². The van der Waals surface area contributed by atoms with Crippen LogP contribution in [0, 0.1) is 0 Å². The van der Waals surface area contributed by atoms with Crippen molar-refractivity contribution in [2.75, 3.05) is 13.1 Å². The minimum atomic E-state index is -0.119. The largest absolute Gasteiger partial charge is 0.336 e. The van der Waals surface area contributed by atoms with Crippen molar-refractivity contribution in [2.45, 2.75) is 52.9 Å². The minimum absolute atomic E-state index is 0.0783. The Bertz CT molecular complexity index is 386. The highest BCUT2D eigenvalue weighted by Gasteiger charge is 2.23. The highest BCUT2D eigenvalue weighted by molar-refractivity contribution is 5.90. The molecule has 0 aliphatic heterocycles. The van der Waals surface area contributed by atoms with E-state index in [2.05, 4.69) is 29.0 Å². The molecule has 0 saturated carbocycles. The third-order valence-electron chi connectivity index (χ3n) is 2.66. The van der Waals surface area contributed by atoms with E-state index in [1.807, 2.05) is 25.7 Å². The van der Waals surface area contributed by atoms with Gasteiger partial charge in [-0.2, -0.15) is 0 Å². The Morgan fingerprint density at radius 2 is 1.78 bits per heavy atom. The summed E-state index contributed by atoms with van der Waals surface area (Å²) < 4.78 is 0. The van der Waals surface area contributed by atoms with Gasteiger partial charge in [-0.15, -0.1) is 5.10 Å². The summed E-state index contributed by atoms with van der Waals surface area (Å²) in [6.45, 7) is 11.8. The van der Waals surface area contributed by atoms with Crippen molar-refractivity contribution >= 4 is 5.91 Å². The fourth-order valence-electron chi connectivity index (χ4n) is 1.69. The van der Waals surface area contributed by atoms with Gasteiger partial charge in [0.15, 0.2) is 0 Å². The second kappa shape index (κ2) is 5.98. The molecule has 0 fully saturated rings. The van der Waals surface area contributed by atoms with Crippen molar-refractivity contribution in [1.82, 2.24) is 20.1 Å². The average molecular weight is 252 g/mol. The Labute approximate surface area is 109 Å². The lowest BCUT2D eigenvalue weighted by Gasteiger charge is -2.19. The monoisotopic (exact) mass is 252 g/mol. The first kappa shape index (κ1) is 14.7. The molecule has 0 atom stereocenters. The van der Waals surface area contributed by atoms with E-state index < -0.39 is 0 Å². The Hall–Kier alpha value is -1.39. The normalized spacial score (nSPS) is 11.6. The molecule has 1 aromatic heterocycles. The van der Waals surface area contributed by atoms with Crippen molar-refractivity contribution in [2.24, 2.45) is 0 Å². The zero-order chi connectivity index (χ0) is 13.8. The summed E-state index contributed by atoms with van der Waals surface area (Å²) in [6, 6.07) is 0. The van der Waals surface area contributed by atoms with Crippen molar-refractivity contribution in [1.29, 1.82) is 0 Å². The molecule has 5 heteroatoms. The lowest BCUT2D eigenvalue weighted by atomic mass is 9.96. The number of aromatic nitrogens is 3. The summed E-state index contributed by atoms with van der Waals surface area (Å²) in [5, 5.41) is 6.90. The fourth-order valence-corrected chi connectivity index (χ4v) is 1.69. The van der Waals surface area contributed by atoms with Gasteiger partial charge < -0.3 is 4.90 Å². The number of hydrogen-bond donors (Lipinski definition) is 1. The molecule has 1 N–H and O–H groups in total. The molecule has 1 heterocycles. The summed E-state index contributed by atoms with van der Waals surface area (Å²) in [5.74, 6) is 0.950. The van der Waals surface area contributed by atoms with E-state index in [0.29, 0.717) is 0 Å². The molecule has 18 heavy (non-hydrogen) atoms. The number of H-pyrrole nitrogens is 1. The molecule has 0 saturated heterocycles. The summed E-state index contributed by atoms with van der Waals surface area (Å²) in [4.78, 5) is 18.4. The number of carbonyl (C=O) groups is 1. The summed E-state index contributed by atoms with van der Waals surface area (Å²) in [7, 11) is 0. The SMILES string of the molecule is CCCN(CCC)C(=O)c1n[nH]c(C(C)(C)C)n1. The van der Waals surface area contributed by atoms with Gasteiger partial charge in [0, 0.05) is 18.5 Å². The van der Waals surface area contributed by atoms with Crippen LogP contribution in [0.3, 0.4) is 0 Å². The standard InChI is InChI=1S/C13H24N4O/c1-6-8-17(9-7-2)11(18)10-14-12(16-15-10)13(3,4)5/h6-9H2,1-5H3,(H,14,15,16). The maximum atomic E-state index is 12.2. The van der Waals surface area contributed by atoms with Gasteiger partial charge in [-0.1, -0.05) is 34.6 Å². The average Bonchev–Trinajstić information content (AvgIpc) is 2.76. The first-order chi connectivity index (χ1) is 8.40. The Morgan fingerprint density at radius 1 is 1.22 bits per heavy atom. The van der Waals surface area contributed by atoms with Crippen LogP contribution in [0.2, 0.25) is 0 Å². The number of carbonyl (C=O) groups excluding carboxylic acids is 1. The van der Waals surface area contributed by atoms with E-state index in [-0.39, 0.29) is 17.1 Å². The van der Waals surface area contributed by atoms with Crippen LogP contribution in [0.5, 0.6) is 0 Å². The third kappa shape index (κ3) is 3.55. The first-order valence-corrected chi connectivity index (χ1v) is 6.62. The molecule has 0 spiro atoms. The Morgan fingerprint density at radius 3 is 2.17 bits per heavy atom. The highest BCUT2D eigenvalue weighted by Crippen LogP contribution is 2.17. The van der Waals surface area contributed by atoms with E-state index in [1.54, 1.807) is 0 Å². The number of hydrogen-bond acceptors (Lipinski definition) is 3. The third-order valence-corrected chi connectivity index (χ3v) is 2.66. The van der Waals surface area contributed by atoms with Gasteiger partial charge in [0.05, 0.1) is 0 Å². The van der Waals surface area contributed by atoms with E-state index in [4.69, 9.17) is 0 Å². The molecular weight excluding hydrogens is 228 g/mol. The van der Waals surface area contributed by atoms with E-state index in [1.165, 1.54) is 0 Å². The van der Waals surface area contributed by atoms with Crippen molar-refractivity contribution in [3.05, 3.63) is 11.6 Å². The molecular formula is C13H24N4O. The number of aromatic amines is 1. The Kier molecular flexibility index (Phi) is 4.87. The number of rotatable bonds is 5. The maximum Gasteiger partial charge on any atom is 0.293 e. The first-order valence-electron chi connectivity index (χ1n) is 6.62. The van der Waals surface area contributed by atoms with Crippen molar-refractivity contribution in [3.63, 3.8) is 0 Å². The van der Waals surface area contributed by atoms with Gasteiger partial charge in [0.1, 0.15) is 5.82 Å². The van der Waals surface area contributed by atoms with Crippen LogP contribution in [0.25, 0.3) is 0 Å². The second-order valence-corrected chi connectivity index (χ2v) is 5.55. The van der Waals surface area contributed by atoms with E-state index in [0.717, 1.165) is 31.8 Å². The molecule has 0 unspecified atom stereocenters. The topological polar surface area (TPSA) is 61.9 Å². The molecule has 0 bridgehead atoms. The van der Waals surface area contributed by atoms with Crippen molar-refractivity contribution < 1.29 is 4.79 Å².